The highest BCUT2D eigenvalue weighted by Crippen LogP contribution is 2.25. The highest BCUT2D eigenvalue weighted by Gasteiger charge is 2.28. The second kappa shape index (κ2) is 7.42. The predicted octanol–water partition coefficient (Wildman–Crippen LogP) is 3.21. The number of rotatable bonds is 5. The van der Waals surface area contributed by atoms with Crippen molar-refractivity contribution in [2.24, 2.45) is 5.92 Å². The van der Waals surface area contributed by atoms with Gasteiger partial charge in [-0.05, 0) is 12.0 Å². The van der Waals surface area contributed by atoms with Gasteiger partial charge >= 0.3 is 5.97 Å². The Morgan fingerprint density at radius 3 is 2.70 bits per heavy atom. The molecule has 1 N–H and O–H groups in total. The predicted molar refractivity (Wildman–Crippen MR) is 89.5 cm³/mol. The average Bonchev–Trinajstić information content (AvgIpc) is 2.58. The number of nitrogens with zero attached hydrogens (tertiary/aromatic N) is 1. The zero-order valence-corrected chi connectivity index (χ0v) is 14.1. The smallest absolute Gasteiger partial charge is 0.328 e. The molecule has 1 aromatic carbocycles. The number of hydrogen-bond acceptors (Lipinski definition) is 4. The molecule has 0 bridgehead atoms. The van der Waals surface area contributed by atoms with Crippen molar-refractivity contribution in [3.63, 3.8) is 0 Å². The van der Waals surface area contributed by atoms with Crippen LogP contribution in [0.4, 0.5) is 0 Å². The zero-order valence-electron chi connectivity index (χ0n) is 13.3. The Bertz CT molecular complexity index is 733. The number of aromatic nitrogens is 1. The van der Waals surface area contributed by atoms with E-state index in [1.54, 1.807) is 6.07 Å². The second-order valence-corrected chi connectivity index (χ2v) is 5.74. The summed E-state index contributed by atoms with van der Waals surface area (Å²) < 4.78 is 4.77. The number of methoxy groups -OCH3 is 1. The third-order valence-corrected chi connectivity index (χ3v) is 4.32. The quantitative estimate of drug-likeness (QED) is 0.852. The molecule has 1 amide bonds. The Morgan fingerprint density at radius 1 is 1.35 bits per heavy atom. The van der Waals surface area contributed by atoms with Crippen LogP contribution in [0.1, 0.15) is 30.6 Å². The second-order valence-electron chi connectivity index (χ2n) is 5.36. The van der Waals surface area contributed by atoms with E-state index in [1.165, 1.54) is 13.3 Å². The van der Waals surface area contributed by atoms with E-state index in [-0.39, 0.29) is 11.5 Å². The summed E-state index contributed by atoms with van der Waals surface area (Å²) in [5.74, 6) is -0.972. The number of amides is 1. The van der Waals surface area contributed by atoms with E-state index in [2.05, 4.69) is 10.3 Å². The van der Waals surface area contributed by atoms with Crippen LogP contribution in [0.15, 0.2) is 30.5 Å². The van der Waals surface area contributed by atoms with E-state index >= 15 is 0 Å². The van der Waals surface area contributed by atoms with E-state index in [0.29, 0.717) is 15.9 Å². The Morgan fingerprint density at radius 2 is 2.04 bits per heavy atom. The van der Waals surface area contributed by atoms with E-state index in [9.17, 15) is 9.59 Å². The fraction of sp³-hybridized carbons (Fsp3) is 0.353. The molecule has 0 unspecified atom stereocenters. The molecule has 2 atom stereocenters. The molecule has 0 saturated carbocycles. The van der Waals surface area contributed by atoms with Crippen molar-refractivity contribution < 1.29 is 14.3 Å². The first-order valence-corrected chi connectivity index (χ1v) is 7.79. The minimum absolute atomic E-state index is 0.0569. The van der Waals surface area contributed by atoms with Gasteiger partial charge in [-0.15, -0.1) is 0 Å². The molecule has 2 rings (SSSR count). The van der Waals surface area contributed by atoms with E-state index in [4.69, 9.17) is 16.3 Å². The molecule has 1 aromatic heterocycles. The number of ether oxygens (including phenoxy) is 1. The van der Waals surface area contributed by atoms with Gasteiger partial charge in [0.15, 0.2) is 0 Å². The van der Waals surface area contributed by atoms with Gasteiger partial charge < -0.3 is 10.1 Å². The SMILES string of the molecule is CC[C@@H](C)[C@H](NC(=O)c1cnc2ccccc2c1Cl)C(=O)OC. The Hall–Kier alpha value is -2.14. The van der Waals surface area contributed by atoms with Crippen LogP contribution >= 0.6 is 11.6 Å². The topological polar surface area (TPSA) is 68.3 Å². The molecule has 23 heavy (non-hydrogen) atoms. The molecule has 2 aromatic rings. The van der Waals surface area contributed by atoms with Crippen molar-refractivity contribution >= 4 is 34.4 Å². The Kier molecular flexibility index (Phi) is 5.55. The lowest BCUT2D eigenvalue weighted by Crippen LogP contribution is -2.45. The van der Waals surface area contributed by atoms with Gasteiger partial charge in [0.1, 0.15) is 6.04 Å². The van der Waals surface area contributed by atoms with Crippen LogP contribution in [0.5, 0.6) is 0 Å². The molecule has 0 aliphatic heterocycles. The minimum atomic E-state index is -0.722. The lowest BCUT2D eigenvalue weighted by atomic mass is 9.99. The number of hydrogen-bond donors (Lipinski definition) is 1. The summed E-state index contributed by atoms with van der Waals surface area (Å²) in [6.07, 6.45) is 2.15. The van der Waals surface area contributed by atoms with Gasteiger partial charge in [-0.1, -0.05) is 50.1 Å². The van der Waals surface area contributed by atoms with Crippen LogP contribution in [0.3, 0.4) is 0 Å². The first-order valence-electron chi connectivity index (χ1n) is 7.41. The number of para-hydroxylation sites is 1. The highest BCUT2D eigenvalue weighted by molar-refractivity contribution is 6.38. The fourth-order valence-corrected chi connectivity index (χ4v) is 2.58. The molecule has 1 heterocycles. The van der Waals surface area contributed by atoms with Crippen molar-refractivity contribution in [3.05, 3.63) is 41.0 Å². The third-order valence-electron chi connectivity index (χ3n) is 3.91. The molecule has 122 valence electrons. The first kappa shape index (κ1) is 17.2. The number of carbonyl (C=O) groups is 2. The summed E-state index contributed by atoms with van der Waals surface area (Å²) in [5.41, 5.74) is 0.947. The van der Waals surface area contributed by atoms with E-state index in [1.807, 2.05) is 32.0 Å². The summed E-state index contributed by atoms with van der Waals surface area (Å²) in [7, 11) is 1.30. The number of halogens is 1. The monoisotopic (exact) mass is 334 g/mol. The normalized spacial score (nSPS) is 13.4. The van der Waals surface area contributed by atoms with Crippen LogP contribution in [-0.4, -0.2) is 30.0 Å². The zero-order chi connectivity index (χ0) is 17.0. The van der Waals surface area contributed by atoms with Gasteiger partial charge in [-0.25, -0.2) is 4.79 Å². The number of nitrogens with one attached hydrogen (secondary N) is 1. The van der Waals surface area contributed by atoms with Gasteiger partial charge in [0.2, 0.25) is 0 Å². The lowest BCUT2D eigenvalue weighted by Gasteiger charge is -2.22. The van der Waals surface area contributed by atoms with Crippen LogP contribution in [0.2, 0.25) is 5.02 Å². The maximum absolute atomic E-state index is 12.5. The van der Waals surface area contributed by atoms with Crippen molar-refractivity contribution in [2.75, 3.05) is 7.11 Å². The first-order chi connectivity index (χ1) is 11.0. The molecule has 0 spiro atoms. The molecule has 5 nitrogen and oxygen atoms in total. The summed E-state index contributed by atoms with van der Waals surface area (Å²) in [6.45, 7) is 3.82. The molecule has 0 aliphatic carbocycles. The average molecular weight is 335 g/mol. The molecular formula is C17H19ClN2O3. The number of esters is 1. The van der Waals surface area contributed by atoms with Crippen molar-refractivity contribution in [2.45, 2.75) is 26.3 Å². The standard InChI is InChI=1S/C17H19ClN2O3/c1-4-10(2)15(17(22)23-3)20-16(21)12-9-19-13-8-6-5-7-11(13)14(12)18/h5-10,15H,4H2,1-3H3,(H,20,21)/t10-,15+/m1/s1. The third kappa shape index (κ3) is 3.62. The van der Waals surface area contributed by atoms with Crippen molar-refractivity contribution in [1.29, 1.82) is 0 Å². The Balaban J connectivity index is 2.32. The van der Waals surface area contributed by atoms with Crippen LogP contribution in [0, 0.1) is 5.92 Å². The summed E-state index contributed by atoms with van der Waals surface area (Å²) >= 11 is 6.33. The van der Waals surface area contributed by atoms with Crippen LogP contribution in [-0.2, 0) is 9.53 Å². The molecule has 0 radical (unpaired) electrons. The highest BCUT2D eigenvalue weighted by atomic mass is 35.5. The summed E-state index contributed by atoms with van der Waals surface area (Å²) in [5, 5.41) is 3.72. The van der Waals surface area contributed by atoms with Gasteiger partial charge in [0, 0.05) is 11.6 Å². The molecular weight excluding hydrogens is 316 g/mol. The summed E-state index contributed by atoms with van der Waals surface area (Å²) in [6, 6.07) is 6.57. The largest absolute Gasteiger partial charge is 0.467 e. The fourth-order valence-electron chi connectivity index (χ4n) is 2.28. The molecule has 0 fully saturated rings. The number of fused-ring (bicyclic) bond motifs is 1. The Labute approximate surface area is 140 Å². The molecule has 0 aliphatic rings. The number of pyridine rings is 1. The van der Waals surface area contributed by atoms with Crippen LogP contribution in [0.25, 0.3) is 10.9 Å². The van der Waals surface area contributed by atoms with Crippen molar-refractivity contribution in [1.82, 2.24) is 10.3 Å². The van der Waals surface area contributed by atoms with Gasteiger partial charge in [-0.2, -0.15) is 0 Å². The van der Waals surface area contributed by atoms with Gasteiger partial charge in [0.05, 0.1) is 23.2 Å². The number of benzene rings is 1. The van der Waals surface area contributed by atoms with Crippen molar-refractivity contribution in [3.8, 4) is 0 Å². The molecule has 6 heteroatoms. The molecule has 0 saturated heterocycles. The minimum Gasteiger partial charge on any atom is -0.467 e. The number of carbonyl (C=O) groups excluding carboxylic acids is 2. The van der Waals surface area contributed by atoms with Gasteiger partial charge in [-0.3, -0.25) is 9.78 Å². The van der Waals surface area contributed by atoms with Gasteiger partial charge in [0.25, 0.3) is 5.91 Å². The van der Waals surface area contributed by atoms with E-state index in [0.717, 1.165) is 6.42 Å². The maximum atomic E-state index is 12.5. The summed E-state index contributed by atoms with van der Waals surface area (Å²) in [4.78, 5) is 28.6. The maximum Gasteiger partial charge on any atom is 0.328 e. The van der Waals surface area contributed by atoms with Crippen LogP contribution < -0.4 is 5.32 Å². The lowest BCUT2D eigenvalue weighted by molar-refractivity contribution is -0.144. The van der Waals surface area contributed by atoms with E-state index < -0.39 is 17.9 Å².